The molecular weight excluding hydrogens is 423 g/mol. The molecule has 21 heavy (non-hydrogen) atoms. The van der Waals surface area contributed by atoms with Crippen LogP contribution in [-0.4, -0.2) is 15.1 Å². The molecular formula is C13H7Br2ClN4O. The van der Waals surface area contributed by atoms with Gasteiger partial charge in [0.25, 0.3) is 5.89 Å². The molecule has 0 bridgehead atoms. The number of aromatic nitrogens is 3. The zero-order valence-corrected chi connectivity index (χ0v) is 14.3. The number of hydrogen-bond acceptors (Lipinski definition) is 5. The van der Waals surface area contributed by atoms with Crippen LogP contribution in [0.4, 0.5) is 5.69 Å². The van der Waals surface area contributed by atoms with E-state index in [2.05, 4.69) is 47.0 Å². The van der Waals surface area contributed by atoms with Crippen LogP contribution in [0.1, 0.15) is 0 Å². The maximum atomic E-state index is 5.89. The lowest BCUT2D eigenvalue weighted by atomic mass is 10.2. The number of hydrogen-bond donors (Lipinski definition) is 1. The van der Waals surface area contributed by atoms with Crippen LogP contribution >= 0.6 is 43.5 Å². The Hall–Kier alpha value is -1.44. The Bertz CT molecular complexity index is 822. The van der Waals surface area contributed by atoms with Crippen molar-refractivity contribution in [1.82, 2.24) is 15.1 Å². The Morgan fingerprint density at radius 1 is 1.19 bits per heavy atom. The molecule has 1 aromatic carbocycles. The predicted molar refractivity (Wildman–Crippen MR) is 87.8 cm³/mol. The van der Waals surface area contributed by atoms with Crippen LogP contribution in [0.5, 0.6) is 0 Å². The van der Waals surface area contributed by atoms with Gasteiger partial charge in [-0.25, -0.2) is 0 Å². The topological polar surface area (TPSA) is 77.8 Å². The molecule has 8 heteroatoms. The molecule has 0 amide bonds. The molecule has 0 unspecified atom stereocenters. The van der Waals surface area contributed by atoms with Gasteiger partial charge in [-0.3, -0.25) is 4.98 Å². The molecule has 0 aliphatic rings. The van der Waals surface area contributed by atoms with Gasteiger partial charge in [-0.2, -0.15) is 4.98 Å². The summed E-state index contributed by atoms with van der Waals surface area (Å²) in [7, 11) is 0. The largest absolute Gasteiger partial charge is 0.398 e. The second-order valence-electron chi connectivity index (χ2n) is 4.14. The Morgan fingerprint density at radius 3 is 2.71 bits per heavy atom. The average molecular weight is 430 g/mol. The van der Waals surface area contributed by atoms with Crippen molar-refractivity contribution in [1.29, 1.82) is 0 Å². The smallest absolute Gasteiger partial charge is 0.258 e. The van der Waals surface area contributed by atoms with Gasteiger partial charge in [-0.15, -0.1) is 0 Å². The number of nitrogen functional groups attached to an aromatic ring is 1. The van der Waals surface area contributed by atoms with Crippen molar-refractivity contribution in [3.8, 4) is 23.0 Å². The van der Waals surface area contributed by atoms with Crippen molar-refractivity contribution in [3.05, 3.63) is 44.4 Å². The summed E-state index contributed by atoms with van der Waals surface area (Å²) in [5.41, 5.74) is 7.52. The van der Waals surface area contributed by atoms with Gasteiger partial charge in [0.2, 0.25) is 5.82 Å². The van der Waals surface area contributed by atoms with E-state index in [0.717, 1.165) is 8.95 Å². The van der Waals surface area contributed by atoms with Crippen LogP contribution < -0.4 is 5.73 Å². The first-order valence-corrected chi connectivity index (χ1v) is 7.71. The van der Waals surface area contributed by atoms with Crippen LogP contribution in [-0.2, 0) is 0 Å². The van der Waals surface area contributed by atoms with E-state index in [1.807, 2.05) is 6.07 Å². The first-order chi connectivity index (χ1) is 10.0. The molecule has 0 aliphatic carbocycles. The van der Waals surface area contributed by atoms with Crippen LogP contribution in [0.3, 0.4) is 0 Å². The van der Waals surface area contributed by atoms with Crippen molar-refractivity contribution in [3.63, 3.8) is 0 Å². The van der Waals surface area contributed by atoms with Gasteiger partial charge in [0, 0.05) is 20.7 Å². The Balaban J connectivity index is 2.01. The minimum atomic E-state index is 0.352. The van der Waals surface area contributed by atoms with E-state index >= 15 is 0 Å². The third kappa shape index (κ3) is 2.95. The van der Waals surface area contributed by atoms with E-state index in [-0.39, 0.29) is 0 Å². The fraction of sp³-hybridized carbons (Fsp3) is 0. The lowest BCUT2D eigenvalue weighted by Crippen LogP contribution is -1.89. The number of nitrogens with two attached hydrogens (primary N) is 1. The van der Waals surface area contributed by atoms with Crippen molar-refractivity contribution in [2.75, 3.05) is 5.73 Å². The summed E-state index contributed by atoms with van der Waals surface area (Å²) in [6.07, 6.45) is 1.66. The molecule has 0 atom stereocenters. The minimum Gasteiger partial charge on any atom is -0.398 e. The zero-order chi connectivity index (χ0) is 15.0. The maximum Gasteiger partial charge on any atom is 0.258 e. The van der Waals surface area contributed by atoms with Gasteiger partial charge in [-0.05, 0) is 56.1 Å². The fourth-order valence-corrected chi connectivity index (χ4v) is 2.98. The third-order valence-corrected chi connectivity index (χ3v) is 4.07. The number of pyridine rings is 1. The average Bonchev–Trinajstić information content (AvgIpc) is 2.91. The normalized spacial score (nSPS) is 10.8. The summed E-state index contributed by atoms with van der Waals surface area (Å²) < 4.78 is 6.87. The van der Waals surface area contributed by atoms with Gasteiger partial charge in [-0.1, -0.05) is 16.8 Å². The molecule has 3 rings (SSSR count). The quantitative estimate of drug-likeness (QED) is 0.603. The first-order valence-electron chi connectivity index (χ1n) is 5.75. The molecule has 2 aromatic heterocycles. The monoisotopic (exact) mass is 428 g/mol. The first kappa shape index (κ1) is 14.5. The van der Waals surface area contributed by atoms with E-state index in [9.17, 15) is 0 Å². The highest BCUT2D eigenvalue weighted by Gasteiger charge is 2.15. The van der Waals surface area contributed by atoms with E-state index in [4.69, 9.17) is 21.9 Å². The van der Waals surface area contributed by atoms with Crippen molar-refractivity contribution < 1.29 is 4.52 Å². The molecule has 2 N–H and O–H groups in total. The summed E-state index contributed by atoms with van der Waals surface area (Å²) in [6.45, 7) is 0. The standard InChI is InChI=1S/C13H7Br2ClN4O/c14-7-4-8(15)11(18-5-7)12-19-13(21-20-12)6-1-2-9(16)10(17)3-6/h1-5H,17H2. The highest BCUT2D eigenvalue weighted by molar-refractivity contribution is 9.11. The SMILES string of the molecule is Nc1cc(-c2nc(-c3ncc(Br)cc3Br)no2)ccc1Cl. The second kappa shape index (κ2) is 5.75. The number of benzene rings is 1. The van der Waals surface area contributed by atoms with Crippen LogP contribution in [0.25, 0.3) is 23.0 Å². The molecule has 0 radical (unpaired) electrons. The van der Waals surface area contributed by atoms with Crippen molar-refractivity contribution in [2.45, 2.75) is 0 Å². The van der Waals surface area contributed by atoms with Gasteiger partial charge in [0.05, 0.1) is 10.7 Å². The lowest BCUT2D eigenvalue weighted by Gasteiger charge is -1.99. The summed E-state index contributed by atoms with van der Waals surface area (Å²) in [4.78, 5) is 8.59. The summed E-state index contributed by atoms with van der Waals surface area (Å²) >= 11 is 12.7. The maximum absolute atomic E-state index is 5.89. The van der Waals surface area contributed by atoms with E-state index in [1.54, 1.807) is 24.4 Å². The molecule has 5 nitrogen and oxygen atoms in total. The minimum absolute atomic E-state index is 0.352. The van der Waals surface area contributed by atoms with Gasteiger partial charge in [0.15, 0.2) is 0 Å². The molecule has 0 spiro atoms. The molecule has 0 saturated carbocycles. The summed E-state index contributed by atoms with van der Waals surface area (Å²) in [5.74, 6) is 0.739. The highest BCUT2D eigenvalue weighted by Crippen LogP contribution is 2.30. The van der Waals surface area contributed by atoms with Gasteiger partial charge >= 0.3 is 0 Å². The van der Waals surface area contributed by atoms with Crippen LogP contribution in [0.15, 0.2) is 43.9 Å². The molecule has 0 aliphatic heterocycles. The van der Waals surface area contributed by atoms with Crippen molar-refractivity contribution in [2.24, 2.45) is 0 Å². The van der Waals surface area contributed by atoms with Gasteiger partial charge in [0.1, 0.15) is 5.69 Å². The molecule has 0 saturated heterocycles. The number of halogens is 3. The molecule has 106 valence electrons. The van der Waals surface area contributed by atoms with Crippen LogP contribution in [0, 0.1) is 0 Å². The zero-order valence-electron chi connectivity index (χ0n) is 10.3. The summed E-state index contributed by atoms with van der Waals surface area (Å²) in [5, 5.41) is 4.42. The van der Waals surface area contributed by atoms with E-state index < -0.39 is 0 Å². The highest BCUT2D eigenvalue weighted by atomic mass is 79.9. The third-order valence-electron chi connectivity index (χ3n) is 2.69. The molecule has 2 heterocycles. The number of rotatable bonds is 2. The fourth-order valence-electron chi connectivity index (χ4n) is 1.69. The Kier molecular flexibility index (Phi) is 3.97. The second-order valence-corrected chi connectivity index (χ2v) is 6.32. The Labute approximate surface area is 141 Å². The molecule has 3 aromatic rings. The van der Waals surface area contributed by atoms with Crippen LogP contribution in [0.2, 0.25) is 5.02 Å². The van der Waals surface area contributed by atoms with E-state index in [0.29, 0.717) is 33.7 Å². The summed E-state index contributed by atoms with van der Waals surface area (Å²) in [6, 6.07) is 6.99. The molecule has 0 fully saturated rings. The Morgan fingerprint density at radius 2 is 2.00 bits per heavy atom. The number of anilines is 1. The van der Waals surface area contributed by atoms with Gasteiger partial charge < -0.3 is 10.3 Å². The predicted octanol–water partition coefficient (Wildman–Crippen LogP) is 4.56. The van der Waals surface area contributed by atoms with Crippen molar-refractivity contribution >= 4 is 49.1 Å². The van der Waals surface area contributed by atoms with E-state index in [1.165, 1.54) is 0 Å². The number of nitrogens with zero attached hydrogens (tertiary/aromatic N) is 3. The lowest BCUT2D eigenvalue weighted by molar-refractivity contribution is 0.432.